The van der Waals surface area contributed by atoms with Crippen molar-refractivity contribution in [3.63, 3.8) is 0 Å². The van der Waals surface area contributed by atoms with Crippen molar-refractivity contribution in [2.24, 2.45) is 0 Å². The van der Waals surface area contributed by atoms with Gasteiger partial charge in [0.25, 0.3) is 0 Å². The molecule has 0 bridgehead atoms. The molecule has 0 aliphatic heterocycles. The van der Waals surface area contributed by atoms with Crippen molar-refractivity contribution in [2.75, 3.05) is 20.3 Å². The summed E-state index contributed by atoms with van der Waals surface area (Å²) < 4.78 is 9.51. The van der Waals surface area contributed by atoms with Crippen LogP contribution in [0.25, 0.3) is 6.08 Å². The number of hydrogen-bond acceptors (Lipinski definition) is 5. The summed E-state index contributed by atoms with van der Waals surface area (Å²) in [5.41, 5.74) is -0.0236. The van der Waals surface area contributed by atoms with Crippen LogP contribution < -0.4 is 5.56 Å². The number of esters is 1. The summed E-state index contributed by atoms with van der Waals surface area (Å²) in [6.45, 7) is 0.333. The number of nitrogens with zero attached hydrogens (tertiary/aromatic N) is 1. The molecule has 0 spiro atoms. The number of H-pyrrole nitrogens is 1. The summed E-state index contributed by atoms with van der Waals surface area (Å²) in [5.74, 6) is -0.741. The van der Waals surface area contributed by atoms with E-state index in [1.54, 1.807) is 12.1 Å². The van der Waals surface area contributed by atoms with Gasteiger partial charge < -0.3 is 14.5 Å². The van der Waals surface area contributed by atoms with Crippen LogP contribution in [0.2, 0.25) is 0 Å². The maximum atomic E-state index is 11.5. The molecule has 1 rings (SSSR count). The van der Waals surface area contributed by atoms with Crippen LogP contribution in [0.5, 0.6) is 0 Å². The van der Waals surface area contributed by atoms with Gasteiger partial charge in [0, 0.05) is 19.4 Å². The van der Waals surface area contributed by atoms with Crippen molar-refractivity contribution in [3.05, 3.63) is 39.8 Å². The smallest absolute Gasteiger partial charge is 0.348 e. The highest BCUT2D eigenvalue weighted by Crippen LogP contribution is 2.05. The van der Waals surface area contributed by atoms with Crippen molar-refractivity contribution >= 4 is 12.0 Å². The van der Waals surface area contributed by atoms with Gasteiger partial charge in [0.05, 0.1) is 6.61 Å². The average molecular weight is 248 g/mol. The Labute approximate surface area is 103 Å². The maximum Gasteiger partial charge on any atom is 0.348 e. The van der Waals surface area contributed by atoms with Crippen LogP contribution in [0.1, 0.15) is 5.56 Å². The minimum Gasteiger partial charge on any atom is -0.459 e. The van der Waals surface area contributed by atoms with Crippen LogP contribution in [0.4, 0.5) is 0 Å². The summed E-state index contributed by atoms with van der Waals surface area (Å²) in [6.07, 6.45) is 2.73. The summed E-state index contributed by atoms with van der Waals surface area (Å²) in [5, 5.41) is 8.85. The SMILES string of the molecule is COCCOC(=O)C(C#N)=Cc1cc[nH]c(=O)c1. The number of hydrogen-bond donors (Lipinski definition) is 1. The highest BCUT2D eigenvalue weighted by Gasteiger charge is 2.10. The Morgan fingerprint density at radius 3 is 2.94 bits per heavy atom. The lowest BCUT2D eigenvalue weighted by Crippen LogP contribution is -2.11. The number of rotatable bonds is 5. The molecule has 18 heavy (non-hydrogen) atoms. The first-order valence-electron chi connectivity index (χ1n) is 5.14. The normalized spacial score (nSPS) is 10.8. The lowest BCUT2D eigenvalue weighted by Gasteiger charge is -2.02. The minimum atomic E-state index is -0.741. The van der Waals surface area contributed by atoms with E-state index in [1.807, 2.05) is 0 Å². The molecule has 0 aliphatic carbocycles. The zero-order valence-corrected chi connectivity index (χ0v) is 9.80. The minimum absolute atomic E-state index is 0.0731. The number of nitrogens with one attached hydrogen (secondary N) is 1. The van der Waals surface area contributed by atoms with Crippen molar-refractivity contribution in [1.82, 2.24) is 4.98 Å². The fraction of sp³-hybridized carbons (Fsp3) is 0.250. The second kappa shape index (κ2) is 7.04. The summed E-state index contributed by atoms with van der Waals surface area (Å²) in [6, 6.07) is 4.58. The van der Waals surface area contributed by atoms with Gasteiger partial charge in [0.2, 0.25) is 5.56 Å². The predicted octanol–water partition coefficient (Wildman–Crippen LogP) is 0.471. The third kappa shape index (κ3) is 4.23. The van der Waals surface area contributed by atoms with Gasteiger partial charge in [0.15, 0.2) is 0 Å². The topological polar surface area (TPSA) is 92.2 Å². The molecule has 0 unspecified atom stereocenters. The van der Waals surface area contributed by atoms with Crippen molar-refractivity contribution < 1.29 is 14.3 Å². The third-order valence-corrected chi connectivity index (χ3v) is 1.97. The quantitative estimate of drug-likeness (QED) is 0.354. The number of ether oxygens (including phenoxy) is 2. The molecular formula is C12H12N2O4. The molecule has 0 radical (unpaired) electrons. The van der Waals surface area contributed by atoms with Crippen LogP contribution >= 0.6 is 0 Å². The second-order valence-corrected chi connectivity index (χ2v) is 3.28. The molecule has 0 atom stereocenters. The van der Waals surface area contributed by atoms with E-state index < -0.39 is 5.97 Å². The van der Waals surface area contributed by atoms with E-state index >= 15 is 0 Å². The molecule has 1 aromatic heterocycles. The molecule has 0 fully saturated rings. The van der Waals surface area contributed by atoms with E-state index in [1.165, 1.54) is 25.4 Å². The van der Waals surface area contributed by atoms with Crippen LogP contribution in [-0.2, 0) is 14.3 Å². The molecule has 0 amide bonds. The molecule has 6 heteroatoms. The van der Waals surface area contributed by atoms with Gasteiger partial charge in [-0.05, 0) is 17.7 Å². The Morgan fingerprint density at radius 2 is 2.33 bits per heavy atom. The Hall–Kier alpha value is -2.39. The first-order chi connectivity index (χ1) is 8.67. The van der Waals surface area contributed by atoms with Gasteiger partial charge in [-0.1, -0.05) is 0 Å². The van der Waals surface area contributed by atoms with E-state index in [4.69, 9.17) is 14.7 Å². The molecule has 0 aromatic carbocycles. The van der Waals surface area contributed by atoms with Crippen LogP contribution in [0.3, 0.4) is 0 Å². The molecule has 1 aromatic rings. The molecule has 94 valence electrons. The van der Waals surface area contributed by atoms with Crippen LogP contribution in [0.15, 0.2) is 28.7 Å². The van der Waals surface area contributed by atoms with Crippen LogP contribution in [-0.4, -0.2) is 31.3 Å². The number of aromatic amines is 1. The molecule has 6 nitrogen and oxygen atoms in total. The fourth-order valence-corrected chi connectivity index (χ4v) is 1.15. The lowest BCUT2D eigenvalue weighted by molar-refractivity contribution is -0.139. The zero-order valence-electron chi connectivity index (χ0n) is 9.80. The van der Waals surface area contributed by atoms with E-state index in [2.05, 4.69) is 4.98 Å². The fourth-order valence-electron chi connectivity index (χ4n) is 1.15. The Bertz CT molecular complexity index is 539. The second-order valence-electron chi connectivity index (χ2n) is 3.28. The third-order valence-electron chi connectivity index (χ3n) is 1.97. The molecule has 1 N–H and O–H groups in total. The number of carbonyl (C=O) groups is 1. The lowest BCUT2D eigenvalue weighted by atomic mass is 10.2. The number of aromatic nitrogens is 1. The summed E-state index contributed by atoms with van der Waals surface area (Å²) in [4.78, 5) is 25.0. The van der Waals surface area contributed by atoms with Gasteiger partial charge >= 0.3 is 5.97 Å². The first-order valence-corrected chi connectivity index (χ1v) is 5.14. The van der Waals surface area contributed by atoms with Gasteiger partial charge in [-0.3, -0.25) is 4.79 Å². The molecule has 0 aliphatic rings. The standard InChI is InChI=1S/C12H12N2O4/c1-17-4-5-18-12(16)10(8-13)6-9-2-3-14-11(15)7-9/h2-3,6-7H,4-5H2,1H3,(H,14,15). The first kappa shape index (κ1) is 13.7. The van der Waals surface area contributed by atoms with E-state index in [9.17, 15) is 9.59 Å². The van der Waals surface area contributed by atoms with E-state index in [0.29, 0.717) is 5.56 Å². The molecule has 0 saturated heterocycles. The predicted molar refractivity (Wildman–Crippen MR) is 63.5 cm³/mol. The zero-order chi connectivity index (χ0) is 13.4. The van der Waals surface area contributed by atoms with E-state index in [-0.39, 0.29) is 24.3 Å². The van der Waals surface area contributed by atoms with Gasteiger partial charge in [-0.25, -0.2) is 4.79 Å². The highest BCUT2D eigenvalue weighted by molar-refractivity contribution is 5.97. The number of nitriles is 1. The van der Waals surface area contributed by atoms with Crippen molar-refractivity contribution in [1.29, 1.82) is 5.26 Å². The van der Waals surface area contributed by atoms with Crippen molar-refractivity contribution in [3.8, 4) is 6.07 Å². The van der Waals surface area contributed by atoms with Gasteiger partial charge in [-0.15, -0.1) is 0 Å². The average Bonchev–Trinajstić information content (AvgIpc) is 2.36. The number of methoxy groups -OCH3 is 1. The monoisotopic (exact) mass is 248 g/mol. The number of pyridine rings is 1. The Morgan fingerprint density at radius 1 is 1.56 bits per heavy atom. The van der Waals surface area contributed by atoms with Gasteiger partial charge in [0.1, 0.15) is 18.2 Å². The van der Waals surface area contributed by atoms with Gasteiger partial charge in [-0.2, -0.15) is 5.26 Å². The summed E-state index contributed by atoms with van der Waals surface area (Å²) >= 11 is 0. The van der Waals surface area contributed by atoms with Crippen molar-refractivity contribution in [2.45, 2.75) is 0 Å². The Balaban J connectivity index is 2.80. The number of carbonyl (C=O) groups excluding carboxylic acids is 1. The summed E-state index contributed by atoms with van der Waals surface area (Å²) in [7, 11) is 1.48. The molecule has 1 heterocycles. The molecule has 0 saturated carbocycles. The Kier molecular flexibility index (Phi) is 5.35. The largest absolute Gasteiger partial charge is 0.459 e. The maximum absolute atomic E-state index is 11.5. The van der Waals surface area contributed by atoms with E-state index in [0.717, 1.165) is 0 Å². The highest BCUT2D eigenvalue weighted by atomic mass is 16.6. The molecular weight excluding hydrogens is 236 g/mol. The van der Waals surface area contributed by atoms with Crippen LogP contribution in [0, 0.1) is 11.3 Å².